The van der Waals surface area contributed by atoms with Crippen molar-refractivity contribution in [2.75, 3.05) is 32.7 Å². The van der Waals surface area contributed by atoms with Gasteiger partial charge < -0.3 is 5.32 Å². The Morgan fingerprint density at radius 1 is 0.963 bits per heavy atom. The minimum absolute atomic E-state index is 0.0622. The van der Waals surface area contributed by atoms with Gasteiger partial charge in [0, 0.05) is 37.7 Å². The van der Waals surface area contributed by atoms with Crippen LogP contribution in [0.1, 0.15) is 5.56 Å². The molecular formula is C19H22ClN3O3S. The molecule has 1 amide bonds. The first-order valence-corrected chi connectivity index (χ1v) is 10.6. The maximum Gasteiger partial charge on any atom is 0.243 e. The van der Waals surface area contributed by atoms with Gasteiger partial charge in [0.05, 0.1) is 11.4 Å². The van der Waals surface area contributed by atoms with Crippen LogP contribution in [0.2, 0.25) is 5.02 Å². The highest BCUT2D eigenvalue weighted by molar-refractivity contribution is 7.89. The summed E-state index contributed by atoms with van der Waals surface area (Å²) in [6, 6.07) is 15.9. The number of hydrogen-bond donors (Lipinski definition) is 1. The highest BCUT2D eigenvalue weighted by Gasteiger charge is 2.28. The molecule has 0 unspecified atom stereocenters. The summed E-state index contributed by atoms with van der Waals surface area (Å²) >= 11 is 5.83. The van der Waals surface area contributed by atoms with E-state index in [1.165, 1.54) is 16.4 Å². The fourth-order valence-corrected chi connectivity index (χ4v) is 4.49. The van der Waals surface area contributed by atoms with Crippen molar-refractivity contribution < 1.29 is 13.2 Å². The number of carbonyl (C=O) groups excluding carboxylic acids is 1. The molecule has 1 N–H and O–H groups in total. The third-order valence-electron chi connectivity index (χ3n) is 4.48. The van der Waals surface area contributed by atoms with Gasteiger partial charge in [-0.05, 0) is 29.8 Å². The summed E-state index contributed by atoms with van der Waals surface area (Å²) in [4.78, 5) is 14.3. The van der Waals surface area contributed by atoms with Gasteiger partial charge in [0.1, 0.15) is 0 Å². The van der Waals surface area contributed by atoms with E-state index in [2.05, 4.69) is 5.32 Å². The molecule has 6 nitrogen and oxygen atoms in total. The van der Waals surface area contributed by atoms with Crippen LogP contribution in [-0.4, -0.2) is 56.3 Å². The summed E-state index contributed by atoms with van der Waals surface area (Å²) < 4.78 is 26.8. The van der Waals surface area contributed by atoms with Crippen LogP contribution in [0.4, 0.5) is 0 Å². The van der Waals surface area contributed by atoms with Crippen LogP contribution >= 0.6 is 11.6 Å². The van der Waals surface area contributed by atoms with Crippen molar-refractivity contribution in [2.24, 2.45) is 0 Å². The number of carbonyl (C=O) groups is 1. The van der Waals surface area contributed by atoms with E-state index in [0.717, 1.165) is 5.56 Å². The molecule has 0 spiro atoms. The SMILES string of the molecule is O=C(CN1CCN(S(=O)(=O)c2ccc(Cl)cc2)CC1)NCc1ccccc1. The molecule has 0 aromatic heterocycles. The van der Waals surface area contributed by atoms with Gasteiger partial charge in [0.2, 0.25) is 15.9 Å². The zero-order chi connectivity index (χ0) is 19.3. The highest BCUT2D eigenvalue weighted by atomic mass is 35.5. The van der Waals surface area contributed by atoms with Crippen LogP contribution in [0.3, 0.4) is 0 Å². The van der Waals surface area contributed by atoms with Crippen molar-refractivity contribution in [1.29, 1.82) is 0 Å². The summed E-state index contributed by atoms with van der Waals surface area (Å²) in [6.45, 7) is 2.51. The number of halogens is 1. The van der Waals surface area contributed by atoms with Gasteiger partial charge in [-0.25, -0.2) is 8.42 Å². The van der Waals surface area contributed by atoms with E-state index in [-0.39, 0.29) is 17.3 Å². The number of amides is 1. The second kappa shape index (κ2) is 8.84. The largest absolute Gasteiger partial charge is 0.351 e. The van der Waals surface area contributed by atoms with Gasteiger partial charge in [-0.2, -0.15) is 4.31 Å². The van der Waals surface area contributed by atoms with Gasteiger partial charge in [-0.3, -0.25) is 9.69 Å². The van der Waals surface area contributed by atoms with E-state index < -0.39 is 10.0 Å². The Kier molecular flexibility index (Phi) is 6.49. The summed E-state index contributed by atoms with van der Waals surface area (Å²) in [5, 5.41) is 3.39. The topological polar surface area (TPSA) is 69.7 Å². The van der Waals surface area contributed by atoms with Crippen LogP contribution in [0.15, 0.2) is 59.5 Å². The molecular weight excluding hydrogens is 386 g/mol. The van der Waals surface area contributed by atoms with Crippen molar-refractivity contribution in [1.82, 2.24) is 14.5 Å². The highest BCUT2D eigenvalue weighted by Crippen LogP contribution is 2.19. The Morgan fingerprint density at radius 3 is 2.22 bits per heavy atom. The number of nitrogens with zero attached hydrogens (tertiary/aromatic N) is 2. The number of benzene rings is 2. The summed E-state index contributed by atoms with van der Waals surface area (Å²) in [5.74, 6) is -0.0622. The lowest BCUT2D eigenvalue weighted by molar-refractivity contribution is -0.122. The fraction of sp³-hybridized carbons (Fsp3) is 0.316. The lowest BCUT2D eigenvalue weighted by atomic mass is 10.2. The zero-order valence-electron chi connectivity index (χ0n) is 14.8. The molecule has 0 bridgehead atoms. The molecule has 0 atom stereocenters. The van der Waals surface area contributed by atoms with Crippen molar-refractivity contribution in [2.45, 2.75) is 11.4 Å². The predicted molar refractivity (Wildman–Crippen MR) is 105 cm³/mol. The third kappa shape index (κ3) is 5.29. The first kappa shape index (κ1) is 19.8. The summed E-state index contributed by atoms with van der Waals surface area (Å²) in [5.41, 5.74) is 1.05. The molecule has 1 aliphatic heterocycles. The molecule has 0 radical (unpaired) electrons. The van der Waals surface area contributed by atoms with E-state index in [0.29, 0.717) is 37.7 Å². The van der Waals surface area contributed by atoms with E-state index in [9.17, 15) is 13.2 Å². The zero-order valence-corrected chi connectivity index (χ0v) is 16.4. The molecule has 0 saturated carbocycles. The maximum absolute atomic E-state index is 12.7. The first-order chi connectivity index (χ1) is 12.9. The van der Waals surface area contributed by atoms with Crippen molar-refractivity contribution >= 4 is 27.5 Å². The molecule has 2 aromatic carbocycles. The van der Waals surface area contributed by atoms with Crippen LogP contribution in [0.5, 0.6) is 0 Å². The monoisotopic (exact) mass is 407 g/mol. The quantitative estimate of drug-likeness (QED) is 0.794. The van der Waals surface area contributed by atoms with E-state index >= 15 is 0 Å². The Hall–Kier alpha value is -1.93. The molecule has 144 valence electrons. The summed E-state index contributed by atoms with van der Waals surface area (Å²) in [6.07, 6.45) is 0. The van der Waals surface area contributed by atoms with E-state index in [1.807, 2.05) is 35.2 Å². The number of nitrogens with one attached hydrogen (secondary N) is 1. The maximum atomic E-state index is 12.7. The molecule has 8 heteroatoms. The molecule has 1 heterocycles. The fourth-order valence-electron chi connectivity index (χ4n) is 2.94. The smallest absolute Gasteiger partial charge is 0.243 e. The Labute approximate surface area is 164 Å². The molecule has 0 aliphatic carbocycles. The van der Waals surface area contributed by atoms with Crippen LogP contribution in [0.25, 0.3) is 0 Å². The second-order valence-electron chi connectivity index (χ2n) is 6.40. The standard InChI is InChI=1S/C19H22ClN3O3S/c20-17-6-8-18(9-7-17)27(25,26)23-12-10-22(11-13-23)15-19(24)21-14-16-4-2-1-3-5-16/h1-9H,10-15H2,(H,21,24). The Morgan fingerprint density at radius 2 is 1.59 bits per heavy atom. The number of piperazine rings is 1. The average Bonchev–Trinajstić information content (AvgIpc) is 2.68. The Balaban J connectivity index is 1.48. The number of sulfonamides is 1. The molecule has 2 aromatic rings. The van der Waals surface area contributed by atoms with E-state index in [1.54, 1.807) is 12.1 Å². The lowest BCUT2D eigenvalue weighted by Gasteiger charge is -2.33. The molecule has 27 heavy (non-hydrogen) atoms. The van der Waals surface area contributed by atoms with Crippen LogP contribution < -0.4 is 5.32 Å². The van der Waals surface area contributed by atoms with Gasteiger partial charge in [0.15, 0.2) is 0 Å². The van der Waals surface area contributed by atoms with Crippen molar-refractivity contribution in [3.8, 4) is 0 Å². The van der Waals surface area contributed by atoms with Crippen LogP contribution in [0, 0.1) is 0 Å². The molecule has 3 rings (SSSR count). The first-order valence-electron chi connectivity index (χ1n) is 8.74. The average molecular weight is 408 g/mol. The molecule has 1 fully saturated rings. The van der Waals surface area contributed by atoms with Gasteiger partial charge in [-0.15, -0.1) is 0 Å². The summed E-state index contributed by atoms with van der Waals surface area (Å²) in [7, 11) is -3.53. The van der Waals surface area contributed by atoms with Crippen molar-refractivity contribution in [3.05, 3.63) is 65.2 Å². The lowest BCUT2D eigenvalue weighted by Crippen LogP contribution is -2.50. The van der Waals surface area contributed by atoms with E-state index in [4.69, 9.17) is 11.6 Å². The predicted octanol–water partition coefficient (Wildman–Crippen LogP) is 1.96. The van der Waals surface area contributed by atoms with Gasteiger partial charge in [-0.1, -0.05) is 41.9 Å². The van der Waals surface area contributed by atoms with Gasteiger partial charge >= 0.3 is 0 Å². The molecule has 1 saturated heterocycles. The van der Waals surface area contributed by atoms with Gasteiger partial charge in [0.25, 0.3) is 0 Å². The Bertz CT molecular complexity index is 865. The van der Waals surface area contributed by atoms with Crippen molar-refractivity contribution in [3.63, 3.8) is 0 Å². The third-order valence-corrected chi connectivity index (χ3v) is 6.65. The van der Waals surface area contributed by atoms with Crippen LogP contribution in [-0.2, 0) is 21.4 Å². The number of hydrogen-bond acceptors (Lipinski definition) is 4. The minimum Gasteiger partial charge on any atom is -0.351 e. The number of rotatable bonds is 6. The second-order valence-corrected chi connectivity index (χ2v) is 8.77. The molecule has 1 aliphatic rings. The normalized spacial score (nSPS) is 16.2. The minimum atomic E-state index is -3.53.